The van der Waals surface area contributed by atoms with E-state index in [4.69, 9.17) is 4.74 Å². The van der Waals surface area contributed by atoms with Crippen LogP contribution in [0.5, 0.6) is 0 Å². The first-order chi connectivity index (χ1) is 8.34. The van der Waals surface area contributed by atoms with E-state index >= 15 is 0 Å². The average Bonchev–Trinajstić information content (AvgIpc) is 2.83. The summed E-state index contributed by atoms with van der Waals surface area (Å²) >= 11 is 0. The number of ether oxygens (including phenoxy) is 1. The number of carbonyl (C=O) groups is 1. The lowest BCUT2D eigenvalue weighted by molar-refractivity contribution is -0.121. The van der Waals surface area contributed by atoms with Crippen molar-refractivity contribution in [1.82, 2.24) is 10.6 Å². The molecule has 0 aromatic rings. The number of hydrogen-bond donors (Lipinski definition) is 2. The summed E-state index contributed by atoms with van der Waals surface area (Å²) in [6, 6.07) is 0.415. The van der Waals surface area contributed by atoms with Gasteiger partial charge in [0, 0.05) is 32.2 Å². The molecular formula is C13H24N2O2. The second kappa shape index (κ2) is 6.97. The minimum atomic E-state index is 0.205. The molecule has 0 bridgehead atoms. The Kier molecular flexibility index (Phi) is 5.26. The van der Waals surface area contributed by atoms with Crippen LogP contribution in [0.1, 0.15) is 38.5 Å². The van der Waals surface area contributed by atoms with Crippen molar-refractivity contribution in [3.63, 3.8) is 0 Å². The maximum atomic E-state index is 11.7. The molecule has 2 aliphatic rings. The molecule has 4 heteroatoms. The highest BCUT2D eigenvalue weighted by atomic mass is 16.5. The number of carbonyl (C=O) groups excluding carboxylic acids is 1. The summed E-state index contributed by atoms with van der Waals surface area (Å²) in [6.07, 6.45) is 6.41. The van der Waals surface area contributed by atoms with Gasteiger partial charge >= 0.3 is 0 Å². The van der Waals surface area contributed by atoms with E-state index in [0.717, 1.165) is 57.9 Å². The van der Waals surface area contributed by atoms with Gasteiger partial charge in [-0.1, -0.05) is 0 Å². The molecule has 0 saturated carbocycles. The molecule has 0 aromatic heterocycles. The Morgan fingerprint density at radius 1 is 1.29 bits per heavy atom. The normalized spacial score (nSPS) is 26.0. The molecular weight excluding hydrogens is 216 g/mol. The van der Waals surface area contributed by atoms with Gasteiger partial charge in [0.15, 0.2) is 0 Å². The Morgan fingerprint density at radius 2 is 2.12 bits per heavy atom. The SMILES string of the molecule is O=C(CC1CCCN1)NCCC1CCOCC1. The Bertz CT molecular complexity index is 234. The molecule has 2 saturated heterocycles. The van der Waals surface area contributed by atoms with E-state index in [0.29, 0.717) is 12.5 Å². The van der Waals surface area contributed by atoms with Crippen molar-refractivity contribution >= 4 is 5.91 Å². The van der Waals surface area contributed by atoms with Crippen molar-refractivity contribution in [2.24, 2.45) is 5.92 Å². The van der Waals surface area contributed by atoms with Crippen LogP contribution >= 0.6 is 0 Å². The van der Waals surface area contributed by atoms with E-state index < -0.39 is 0 Å². The third-order valence-electron chi connectivity index (χ3n) is 3.81. The van der Waals surface area contributed by atoms with Gasteiger partial charge in [-0.15, -0.1) is 0 Å². The Labute approximate surface area is 103 Å². The standard InChI is InChI=1S/C13H24N2O2/c16-13(10-12-2-1-6-14-12)15-7-3-11-4-8-17-9-5-11/h11-12,14H,1-10H2,(H,15,16). The van der Waals surface area contributed by atoms with E-state index in [2.05, 4.69) is 10.6 Å². The highest BCUT2D eigenvalue weighted by molar-refractivity contribution is 5.76. The van der Waals surface area contributed by atoms with Crippen LogP contribution in [-0.2, 0) is 9.53 Å². The number of nitrogens with one attached hydrogen (secondary N) is 2. The number of hydrogen-bond acceptors (Lipinski definition) is 3. The van der Waals surface area contributed by atoms with E-state index in [1.807, 2.05) is 0 Å². The van der Waals surface area contributed by atoms with Gasteiger partial charge in [-0.25, -0.2) is 0 Å². The molecule has 1 amide bonds. The van der Waals surface area contributed by atoms with Crippen LogP contribution in [0.3, 0.4) is 0 Å². The minimum absolute atomic E-state index is 0.205. The van der Waals surface area contributed by atoms with Crippen molar-refractivity contribution in [3.8, 4) is 0 Å². The summed E-state index contributed by atoms with van der Waals surface area (Å²) in [5.74, 6) is 0.949. The van der Waals surface area contributed by atoms with Gasteiger partial charge in [-0.3, -0.25) is 4.79 Å². The van der Waals surface area contributed by atoms with Crippen LogP contribution < -0.4 is 10.6 Å². The van der Waals surface area contributed by atoms with E-state index in [1.165, 1.54) is 6.42 Å². The maximum Gasteiger partial charge on any atom is 0.221 e. The smallest absolute Gasteiger partial charge is 0.221 e. The van der Waals surface area contributed by atoms with Crippen LogP contribution in [0.2, 0.25) is 0 Å². The third-order valence-corrected chi connectivity index (χ3v) is 3.81. The first-order valence-electron chi connectivity index (χ1n) is 6.92. The van der Waals surface area contributed by atoms with E-state index in [1.54, 1.807) is 0 Å². The van der Waals surface area contributed by atoms with Crippen LogP contribution in [0, 0.1) is 5.92 Å². The lowest BCUT2D eigenvalue weighted by Gasteiger charge is -2.22. The van der Waals surface area contributed by atoms with Crippen LogP contribution in [0.15, 0.2) is 0 Å². The second-order valence-corrected chi connectivity index (χ2v) is 5.19. The molecule has 0 aliphatic carbocycles. The van der Waals surface area contributed by atoms with E-state index in [-0.39, 0.29) is 5.91 Å². The first kappa shape index (κ1) is 12.8. The zero-order valence-corrected chi connectivity index (χ0v) is 10.5. The summed E-state index contributed by atoms with van der Waals surface area (Å²) in [6.45, 7) is 3.69. The van der Waals surface area contributed by atoms with Crippen molar-refractivity contribution in [2.75, 3.05) is 26.3 Å². The van der Waals surface area contributed by atoms with Gasteiger partial charge in [0.2, 0.25) is 5.91 Å². The number of rotatable bonds is 5. The molecule has 0 spiro atoms. The Hall–Kier alpha value is -0.610. The van der Waals surface area contributed by atoms with Crippen LogP contribution in [-0.4, -0.2) is 38.3 Å². The van der Waals surface area contributed by atoms with Gasteiger partial charge in [-0.2, -0.15) is 0 Å². The van der Waals surface area contributed by atoms with E-state index in [9.17, 15) is 4.79 Å². The lowest BCUT2D eigenvalue weighted by Crippen LogP contribution is -2.33. The summed E-state index contributed by atoms with van der Waals surface area (Å²) in [5, 5.41) is 6.39. The van der Waals surface area contributed by atoms with Gasteiger partial charge < -0.3 is 15.4 Å². The monoisotopic (exact) mass is 240 g/mol. The summed E-state index contributed by atoms with van der Waals surface area (Å²) in [4.78, 5) is 11.7. The molecule has 0 aromatic carbocycles. The van der Waals surface area contributed by atoms with Crippen molar-refractivity contribution < 1.29 is 9.53 Å². The van der Waals surface area contributed by atoms with Crippen molar-refractivity contribution in [2.45, 2.75) is 44.6 Å². The topological polar surface area (TPSA) is 50.4 Å². The Balaban J connectivity index is 1.53. The highest BCUT2D eigenvalue weighted by Gasteiger charge is 2.18. The third kappa shape index (κ3) is 4.64. The lowest BCUT2D eigenvalue weighted by atomic mass is 9.97. The second-order valence-electron chi connectivity index (χ2n) is 5.19. The molecule has 2 fully saturated rings. The molecule has 1 atom stereocenters. The van der Waals surface area contributed by atoms with Crippen molar-refractivity contribution in [3.05, 3.63) is 0 Å². The van der Waals surface area contributed by atoms with Crippen LogP contribution in [0.25, 0.3) is 0 Å². The highest BCUT2D eigenvalue weighted by Crippen LogP contribution is 2.17. The van der Waals surface area contributed by atoms with Crippen molar-refractivity contribution in [1.29, 1.82) is 0 Å². The fourth-order valence-electron chi connectivity index (χ4n) is 2.68. The van der Waals surface area contributed by atoms with Gasteiger partial charge in [0.25, 0.3) is 0 Å². The minimum Gasteiger partial charge on any atom is -0.381 e. The molecule has 17 heavy (non-hydrogen) atoms. The predicted molar refractivity (Wildman–Crippen MR) is 66.8 cm³/mol. The zero-order valence-electron chi connectivity index (χ0n) is 10.5. The molecule has 1 unspecified atom stereocenters. The van der Waals surface area contributed by atoms with Crippen LogP contribution in [0.4, 0.5) is 0 Å². The molecule has 98 valence electrons. The zero-order chi connectivity index (χ0) is 11.9. The molecule has 0 radical (unpaired) electrons. The fourth-order valence-corrected chi connectivity index (χ4v) is 2.68. The fraction of sp³-hybridized carbons (Fsp3) is 0.923. The quantitative estimate of drug-likeness (QED) is 0.755. The molecule has 4 nitrogen and oxygen atoms in total. The van der Waals surface area contributed by atoms with Gasteiger partial charge in [-0.05, 0) is 44.6 Å². The average molecular weight is 240 g/mol. The summed E-state index contributed by atoms with van der Waals surface area (Å²) < 4.78 is 5.32. The first-order valence-corrected chi connectivity index (χ1v) is 6.92. The molecule has 2 aliphatic heterocycles. The predicted octanol–water partition coefficient (Wildman–Crippen LogP) is 1.06. The number of amides is 1. The molecule has 2 heterocycles. The Morgan fingerprint density at radius 3 is 2.82 bits per heavy atom. The maximum absolute atomic E-state index is 11.7. The van der Waals surface area contributed by atoms with Gasteiger partial charge in [0.1, 0.15) is 0 Å². The summed E-state index contributed by atoms with van der Waals surface area (Å²) in [7, 11) is 0. The van der Waals surface area contributed by atoms with Gasteiger partial charge in [0.05, 0.1) is 0 Å². The largest absolute Gasteiger partial charge is 0.381 e. The molecule has 2 N–H and O–H groups in total. The molecule has 2 rings (SSSR count). The summed E-state index contributed by atoms with van der Waals surface area (Å²) in [5.41, 5.74) is 0.